The molecule has 0 saturated carbocycles. The van der Waals surface area contributed by atoms with Crippen molar-refractivity contribution in [3.8, 4) is 11.5 Å². The number of nitrogens with one attached hydrogen (secondary N) is 1. The first-order valence-electron chi connectivity index (χ1n) is 10.4. The van der Waals surface area contributed by atoms with Crippen LogP contribution in [-0.4, -0.2) is 22.1 Å². The molecule has 1 heterocycles. The number of pyridine rings is 1. The number of hydrogen-bond acceptors (Lipinski definition) is 7. The fourth-order valence-corrected chi connectivity index (χ4v) is 4.38. The van der Waals surface area contributed by atoms with Crippen LogP contribution in [0.5, 0.6) is 11.5 Å². The average Bonchev–Trinajstić information content (AvgIpc) is 2.81. The van der Waals surface area contributed by atoms with Gasteiger partial charge in [0.25, 0.3) is 0 Å². The van der Waals surface area contributed by atoms with Crippen LogP contribution >= 0.6 is 7.75 Å². The molecule has 1 unspecified atom stereocenters. The van der Waals surface area contributed by atoms with Gasteiger partial charge in [0.15, 0.2) is 0 Å². The highest BCUT2D eigenvalue weighted by atomic mass is 31.2. The summed E-state index contributed by atoms with van der Waals surface area (Å²) in [4.78, 5) is 16.6. The number of para-hydroxylation sites is 1. The fraction of sp³-hybridized carbons (Fsp3) is 0.250. The Morgan fingerprint density at radius 3 is 2.36 bits per heavy atom. The molecule has 8 nitrogen and oxygen atoms in total. The maximum absolute atomic E-state index is 13.6. The molecule has 0 spiro atoms. The number of benzene rings is 2. The Morgan fingerprint density at radius 1 is 1.06 bits per heavy atom. The molecule has 2 atom stereocenters. The van der Waals surface area contributed by atoms with E-state index in [1.807, 2.05) is 30.3 Å². The quantitative estimate of drug-likeness (QED) is 0.321. The average molecular weight is 470 g/mol. The summed E-state index contributed by atoms with van der Waals surface area (Å²) in [5.41, 5.74) is 2.41. The molecule has 1 aromatic heterocycles. The van der Waals surface area contributed by atoms with Crippen LogP contribution in [0.1, 0.15) is 29.3 Å². The number of nitrogens with zero attached hydrogens (tertiary/aromatic N) is 1. The molecular formula is C24H27N2O6P. The zero-order chi connectivity index (χ0) is 23.8. The van der Waals surface area contributed by atoms with Crippen LogP contribution in [0, 0.1) is 13.8 Å². The smallest absolute Gasteiger partial charge is 0.459 e. The van der Waals surface area contributed by atoms with Crippen molar-refractivity contribution in [3.05, 3.63) is 89.2 Å². The molecule has 0 aliphatic rings. The molecule has 2 N–H and O–H groups in total. The lowest BCUT2D eigenvalue weighted by atomic mass is 10.1. The van der Waals surface area contributed by atoms with E-state index in [9.17, 15) is 14.5 Å². The van der Waals surface area contributed by atoms with E-state index in [1.54, 1.807) is 44.2 Å². The Bertz CT molecular complexity index is 1120. The fourth-order valence-electron chi connectivity index (χ4n) is 2.91. The first-order valence-corrected chi connectivity index (χ1v) is 11.9. The summed E-state index contributed by atoms with van der Waals surface area (Å²) in [7, 11) is -4.02. The maximum atomic E-state index is 13.6. The van der Waals surface area contributed by atoms with Gasteiger partial charge in [-0.15, -0.1) is 0 Å². The van der Waals surface area contributed by atoms with Crippen molar-refractivity contribution in [3.63, 3.8) is 0 Å². The second-order valence-electron chi connectivity index (χ2n) is 7.46. The Hall–Kier alpha value is -3.19. The molecule has 33 heavy (non-hydrogen) atoms. The molecule has 3 rings (SSSR count). The van der Waals surface area contributed by atoms with Crippen LogP contribution in [0.25, 0.3) is 0 Å². The molecule has 0 bridgehead atoms. The SMILES string of the molecule is Cc1ncc(COP(=O)(N[C@@H](C)C(=O)OCc2ccccc2)Oc2ccccc2)c(C)c1O. The summed E-state index contributed by atoms with van der Waals surface area (Å²) in [6.07, 6.45) is 1.54. The maximum Gasteiger partial charge on any atom is 0.459 e. The lowest BCUT2D eigenvalue weighted by Gasteiger charge is -2.23. The third-order valence-corrected chi connectivity index (χ3v) is 6.51. The Morgan fingerprint density at radius 2 is 1.70 bits per heavy atom. The number of esters is 1. The highest BCUT2D eigenvalue weighted by Gasteiger charge is 2.32. The van der Waals surface area contributed by atoms with Gasteiger partial charge in [-0.05, 0) is 44.0 Å². The largest absolute Gasteiger partial charge is 0.506 e. The third-order valence-electron chi connectivity index (χ3n) is 4.88. The van der Waals surface area contributed by atoms with E-state index in [0.29, 0.717) is 22.6 Å². The molecule has 0 radical (unpaired) electrons. The number of rotatable bonds is 10. The van der Waals surface area contributed by atoms with E-state index >= 15 is 0 Å². The summed E-state index contributed by atoms with van der Waals surface area (Å²) < 4.78 is 30.2. The zero-order valence-corrected chi connectivity index (χ0v) is 19.6. The molecule has 0 saturated heterocycles. The molecule has 174 valence electrons. The van der Waals surface area contributed by atoms with E-state index in [4.69, 9.17) is 13.8 Å². The highest BCUT2D eigenvalue weighted by Crippen LogP contribution is 2.46. The molecule has 3 aromatic rings. The molecule has 0 aliphatic carbocycles. The number of aromatic nitrogens is 1. The number of carbonyl (C=O) groups is 1. The summed E-state index contributed by atoms with van der Waals surface area (Å²) in [6, 6.07) is 16.8. The van der Waals surface area contributed by atoms with Crippen molar-refractivity contribution in [1.29, 1.82) is 0 Å². The highest BCUT2D eigenvalue weighted by molar-refractivity contribution is 7.52. The predicted octanol–water partition coefficient (Wildman–Crippen LogP) is 4.83. The van der Waals surface area contributed by atoms with Crippen molar-refractivity contribution in [2.24, 2.45) is 0 Å². The van der Waals surface area contributed by atoms with E-state index in [0.717, 1.165) is 5.56 Å². The third kappa shape index (κ3) is 6.89. The van der Waals surface area contributed by atoms with Gasteiger partial charge >= 0.3 is 13.7 Å². The van der Waals surface area contributed by atoms with Crippen molar-refractivity contribution in [1.82, 2.24) is 10.1 Å². The summed E-state index contributed by atoms with van der Waals surface area (Å²) >= 11 is 0. The van der Waals surface area contributed by atoms with E-state index < -0.39 is 19.8 Å². The Kier molecular flexibility index (Phi) is 8.22. The van der Waals surface area contributed by atoms with E-state index in [-0.39, 0.29) is 19.0 Å². The van der Waals surface area contributed by atoms with Gasteiger partial charge in [0, 0.05) is 11.8 Å². The minimum atomic E-state index is -4.02. The van der Waals surface area contributed by atoms with Gasteiger partial charge in [0.05, 0.1) is 12.3 Å². The zero-order valence-electron chi connectivity index (χ0n) is 18.7. The molecule has 0 fully saturated rings. The van der Waals surface area contributed by atoms with Gasteiger partial charge in [-0.1, -0.05) is 48.5 Å². The van der Waals surface area contributed by atoms with E-state index in [2.05, 4.69) is 10.1 Å². The lowest BCUT2D eigenvalue weighted by Crippen LogP contribution is -2.35. The summed E-state index contributed by atoms with van der Waals surface area (Å²) in [5.74, 6) is -0.259. The van der Waals surface area contributed by atoms with E-state index in [1.165, 1.54) is 13.1 Å². The molecule has 0 aliphatic heterocycles. The van der Waals surface area contributed by atoms with Gasteiger partial charge in [0.1, 0.15) is 24.1 Å². The summed E-state index contributed by atoms with van der Waals surface area (Å²) in [5, 5.41) is 12.8. The van der Waals surface area contributed by atoms with Crippen LogP contribution in [0.4, 0.5) is 0 Å². The molecule has 9 heteroatoms. The normalized spacial score (nSPS) is 13.7. The topological polar surface area (TPSA) is 107 Å². The number of hydrogen-bond donors (Lipinski definition) is 2. The van der Waals surface area contributed by atoms with Crippen molar-refractivity contribution in [2.45, 2.75) is 40.0 Å². The number of ether oxygens (including phenoxy) is 1. The number of carbonyl (C=O) groups excluding carboxylic acids is 1. The van der Waals surface area contributed by atoms with Gasteiger partial charge in [-0.25, -0.2) is 4.57 Å². The Labute approximate surface area is 193 Å². The number of aromatic hydroxyl groups is 1. The summed E-state index contributed by atoms with van der Waals surface area (Å²) in [6.45, 7) is 4.84. The second-order valence-corrected chi connectivity index (χ2v) is 9.16. The van der Waals surface area contributed by atoms with Crippen molar-refractivity contribution >= 4 is 13.7 Å². The standard InChI is InChI=1S/C24H27N2O6P/c1-17-21(14-25-18(2)23(17)27)16-31-33(29,32-22-12-8-5-9-13-22)26-19(3)24(28)30-15-20-10-6-4-7-11-20/h4-14,19,27H,15-16H2,1-3H3,(H,26,29)/t19-,33?/m0/s1. The van der Waals surface area contributed by atoms with Gasteiger partial charge in [-0.3, -0.25) is 14.3 Å². The first-order chi connectivity index (χ1) is 15.8. The van der Waals surface area contributed by atoms with Crippen LogP contribution in [0.15, 0.2) is 66.9 Å². The van der Waals surface area contributed by atoms with Crippen LogP contribution in [0.3, 0.4) is 0 Å². The number of aryl methyl sites for hydroxylation is 1. The van der Waals surface area contributed by atoms with Gasteiger partial charge in [0.2, 0.25) is 0 Å². The van der Waals surface area contributed by atoms with Gasteiger partial charge < -0.3 is 14.4 Å². The predicted molar refractivity (Wildman–Crippen MR) is 124 cm³/mol. The minimum absolute atomic E-state index is 0.0423. The monoisotopic (exact) mass is 470 g/mol. The molecule has 0 amide bonds. The van der Waals surface area contributed by atoms with Crippen molar-refractivity contribution in [2.75, 3.05) is 0 Å². The first kappa shape index (κ1) is 24.5. The van der Waals surface area contributed by atoms with Crippen LogP contribution in [0.2, 0.25) is 0 Å². The minimum Gasteiger partial charge on any atom is -0.506 e. The van der Waals surface area contributed by atoms with Crippen molar-refractivity contribution < 1.29 is 28.3 Å². The lowest BCUT2D eigenvalue weighted by molar-refractivity contribution is -0.146. The van der Waals surface area contributed by atoms with Gasteiger partial charge in [-0.2, -0.15) is 5.09 Å². The molecular weight excluding hydrogens is 443 g/mol. The van der Waals surface area contributed by atoms with Crippen LogP contribution in [-0.2, 0) is 31.8 Å². The Balaban J connectivity index is 1.72. The van der Waals surface area contributed by atoms with Crippen LogP contribution < -0.4 is 9.61 Å². The second kappa shape index (κ2) is 11.1. The molecule has 2 aromatic carbocycles.